The Labute approximate surface area is 134 Å². The smallest absolute Gasteiger partial charge is 0.227 e. The summed E-state index contributed by atoms with van der Waals surface area (Å²) >= 11 is 5.78. The SMILES string of the molecule is CC1(C)NC(=O)CCc2cc(Nc3ncc(Cl)cn3)ccc21. The first-order valence-electron chi connectivity index (χ1n) is 7.13. The van der Waals surface area contributed by atoms with Crippen LogP contribution in [-0.4, -0.2) is 15.9 Å². The fourth-order valence-electron chi connectivity index (χ4n) is 2.72. The van der Waals surface area contributed by atoms with Gasteiger partial charge in [-0.15, -0.1) is 0 Å². The number of halogens is 1. The molecule has 1 aliphatic rings. The van der Waals surface area contributed by atoms with E-state index < -0.39 is 0 Å². The molecule has 0 unspecified atom stereocenters. The number of carbonyl (C=O) groups excluding carboxylic acids is 1. The number of aromatic nitrogens is 2. The summed E-state index contributed by atoms with van der Waals surface area (Å²) in [6.07, 6.45) is 4.32. The molecule has 6 heteroatoms. The number of nitrogens with one attached hydrogen (secondary N) is 2. The molecule has 1 amide bonds. The first kappa shape index (κ1) is 14.8. The van der Waals surface area contributed by atoms with Crippen molar-refractivity contribution in [2.75, 3.05) is 5.32 Å². The van der Waals surface area contributed by atoms with Crippen LogP contribution in [0, 0.1) is 0 Å². The molecule has 0 saturated heterocycles. The maximum absolute atomic E-state index is 11.8. The van der Waals surface area contributed by atoms with Crippen molar-refractivity contribution >= 4 is 29.1 Å². The van der Waals surface area contributed by atoms with Crippen LogP contribution in [0.5, 0.6) is 0 Å². The van der Waals surface area contributed by atoms with Crippen LogP contribution in [0.2, 0.25) is 5.02 Å². The van der Waals surface area contributed by atoms with E-state index in [1.54, 1.807) is 12.4 Å². The summed E-state index contributed by atoms with van der Waals surface area (Å²) in [7, 11) is 0. The quantitative estimate of drug-likeness (QED) is 0.893. The lowest BCUT2D eigenvalue weighted by atomic mass is 9.89. The second-order valence-corrected chi connectivity index (χ2v) is 6.33. The molecule has 0 spiro atoms. The lowest BCUT2D eigenvalue weighted by Crippen LogP contribution is -2.39. The predicted molar refractivity (Wildman–Crippen MR) is 86.3 cm³/mol. The van der Waals surface area contributed by atoms with Gasteiger partial charge in [-0.2, -0.15) is 0 Å². The number of carbonyl (C=O) groups is 1. The van der Waals surface area contributed by atoms with E-state index in [1.807, 2.05) is 26.0 Å². The molecular weight excluding hydrogens is 300 g/mol. The first-order chi connectivity index (χ1) is 10.4. The number of rotatable bonds is 2. The molecule has 3 rings (SSSR count). The maximum Gasteiger partial charge on any atom is 0.227 e. The molecule has 0 bridgehead atoms. The highest BCUT2D eigenvalue weighted by Gasteiger charge is 2.28. The number of amides is 1. The topological polar surface area (TPSA) is 66.9 Å². The minimum Gasteiger partial charge on any atom is -0.347 e. The van der Waals surface area contributed by atoms with Crippen molar-refractivity contribution in [3.05, 3.63) is 46.7 Å². The maximum atomic E-state index is 11.8. The van der Waals surface area contributed by atoms with Gasteiger partial charge in [0.05, 0.1) is 23.0 Å². The Hall–Kier alpha value is -2.14. The van der Waals surface area contributed by atoms with E-state index in [-0.39, 0.29) is 11.4 Å². The zero-order valence-corrected chi connectivity index (χ0v) is 13.2. The van der Waals surface area contributed by atoms with Crippen LogP contribution in [0.3, 0.4) is 0 Å². The zero-order chi connectivity index (χ0) is 15.7. The number of benzene rings is 1. The van der Waals surface area contributed by atoms with Crippen molar-refractivity contribution in [3.8, 4) is 0 Å². The second-order valence-electron chi connectivity index (χ2n) is 5.89. The lowest BCUT2D eigenvalue weighted by molar-refractivity contribution is -0.122. The fourth-order valence-corrected chi connectivity index (χ4v) is 2.82. The van der Waals surface area contributed by atoms with Gasteiger partial charge in [-0.25, -0.2) is 9.97 Å². The van der Waals surface area contributed by atoms with Crippen LogP contribution in [-0.2, 0) is 16.8 Å². The highest BCUT2D eigenvalue weighted by Crippen LogP contribution is 2.30. The van der Waals surface area contributed by atoms with E-state index in [4.69, 9.17) is 11.6 Å². The number of nitrogens with zero attached hydrogens (tertiary/aromatic N) is 2. The monoisotopic (exact) mass is 316 g/mol. The van der Waals surface area contributed by atoms with Crippen LogP contribution in [0.4, 0.5) is 11.6 Å². The van der Waals surface area contributed by atoms with Gasteiger partial charge in [0.1, 0.15) is 0 Å². The standard InChI is InChI=1S/C16H17ClN4O/c1-16(2)13-5-4-12(7-10(13)3-6-14(22)21-16)20-15-18-8-11(17)9-19-15/h4-5,7-9H,3,6H2,1-2H3,(H,21,22)(H,18,19,20). The van der Waals surface area contributed by atoms with E-state index in [1.165, 1.54) is 0 Å². The molecule has 2 aromatic rings. The summed E-state index contributed by atoms with van der Waals surface area (Å²) in [5.41, 5.74) is 2.83. The van der Waals surface area contributed by atoms with Crippen molar-refractivity contribution in [2.45, 2.75) is 32.2 Å². The number of hydrogen-bond acceptors (Lipinski definition) is 4. The third-order valence-electron chi connectivity index (χ3n) is 3.73. The van der Waals surface area contributed by atoms with E-state index in [0.717, 1.165) is 23.2 Å². The molecule has 0 radical (unpaired) electrons. The van der Waals surface area contributed by atoms with Gasteiger partial charge in [0.25, 0.3) is 0 Å². The molecule has 2 N–H and O–H groups in total. The molecule has 2 heterocycles. The number of hydrogen-bond donors (Lipinski definition) is 2. The summed E-state index contributed by atoms with van der Waals surface area (Å²) in [5, 5.41) is 6.70. The van der Waals surface area contributed by atoms with E-state index in [0.29, 0.717) is 17.4 Å². The Kier molecular flexibility index (Phi) is 3.74. The van der Waals surface area contributed by atoms with Crippen molar-refractivity contribution in [3.63, 3.8) is 0 Å². The lowest BCUT2D eigenvalue weighted by Gasteiger charge is -2.27. The summed E-state index contributed by atoms with van der Waals surface area (Å²) in [4.78, 5) is 20.1. The number of fused-ring (bicyclic) bond motifs is 1. The Morgan fingerprint density at radius 2 is 1.95 bits per heavy atom. The molecule has 0 aliphatic carbocycles. The van der Waals surface area contributed by atoms with Crippen LogP contribution in [0.25, 0.3) is 0 Å². The number of anilines is 2. The summed E-state index contributed by atoms with van der Waals surface area (Å²) in [5.74, 6) is 0.572. The van der Waals surface area contributed by atoms with Crippen molar-refractivity contribution in [1.29, 1.82) is 0 Å². The van der Waals surface area contributed by atoms with Crippen LogP contribution >= 0.6 is 11.6 Å². The minimum absolute atomic E-state index is 0.0803. The number of aryl methyl sites for hydroxylation is 1. The summed E-state index contributed by atoms with van der Waals surface area (Å²) < 4.78 is 0. The van der Waals surface area contributed by atoms with E-state index in [9.17, 15) is 4.79 Å². The van der Waals surface area contributed by atoms with Crippen LogP contribution in [0.1, 0.15) is 31.4 Å². The molecule has 1 aromatic carbocycles. The van der Waals surface area contributed by atoms with Crippen molar-refractivity contribution in [1.82, 2.24) is 15.3 Å². The third kappa shape index (κ3) is 3.04. The van der Waals surface area contributed by atoms with Crippen LogP contribution < -0.4 is 10.6 Å². The Morgan fingerprint density at radius 1 is 1.23 bits per heavy atom. The normalized spacial score (nSPS) is 16.4. The zero-order valence-electron chi connectivity index (χ0n) is 12.5. The fraction of sp³-hybridized carbons (Fsp3) is 0.312. The molecule has 0 atom stereocenters. The first-order valence-corrected chi connectivity index (χ1v) is 7.51. The van der Waals surface area contributed by atoms with Gasteiger partial charge in [0.2, 0.25) is 11.9 Å². The van der Waals surface area contributed by atoms with Gasteiger partial charge in [-0.3, -0.25) is 4.79 Å². The van der Waals surface area contributed by atoms with Crippen LogP contribution in [0.15, 0.2) is 30.6 Å². The second kappa shape index (κ2) is 5.57. The molecular formula is C16H17ClN4O. The molecule has 0 fully saturated rings. The Balaban J connectivity index is 1.90. The van der Waals surface area contributed by atoms with Crippen molar-refractivity contribution < 1.29 is 4.79 Å². The van der Waals surface area contributed by atoms with Gasteiger partial charge in [0.15, 0.2) is 0 Å². The largest absolute Gasteiger partial charge is 0.347 e. The Bertz CT molecular complexity index is 713. The van der Waals surface area contributed by atoms with Crippen molar-refractivity contribution in [2.24, 2.45) is 0 Å². The van der Waals surface area contributed by atoms with Gasteiger partial charge in [-0.05, 0) is 43.5 Å². The molecule has 0 saturated carbocycles. The van der Waals surface area contributed by atoms with Gasteiger partial charge >= 0.3 is 0 Å². The molecule has 1 aliphatic heterocycles. The average Bonchev–Trinajstić information content (AvgIpc) is 2.57. The Morgan fingerprint density at radius 3 is 2.68 bits per heavy atom. The van der Waals surface area contributed by atoms with E-state index >= 15 is 0 Å². The highest BCUT2D eigenvalue weighted by atomic mass is 35.5. The summed E-state index contributed by atoms with van der Waals surface area (Å²) in [6.45, 7) is 4.04. The van der Waals surface area contributed by atoms with Gasteiger partial charge in [0, 0.05) is 12.1 Å². The average molecular weight is 317 g/mol. The molecule has 1 aromatic heterocycles. The molecule has 22 heavy (non-hydrogen) atoms. The molecule has 5 nitrogen and oxygen atoms in total. The summed E-state index contributed by atoms with van der Waals surface area (Å²) in [6, 6.07) is 6.06. The predicted octanol–water partition coefficient (Wildman–Crippen LogP) is 3.17. The minimum atomic E-state index is -0.363. The third-order valence-corrected chi connectivity index (χ3v) is 3.92. The highest BCUT2D eigenvalue weighted by molar-refractivity contribution is 6.30. The molecule has 114 valence electrons. The van der Waals surface area contributed by atoms with Gasteiger partial charge in [-0.1, -0.05) is 17.7 Å². The van der Waals surface area contributed by atoms with E-state index in [2.05, 4.69) is 26.7 Å². The van der Waals surface area contributed by atoms with Gasteiger partial charge < -0.3 is 10.6 Å².